The first-order chi connectivity index (χ1) is 6.73. The van der Waals surface area contributed by atoms with Crippen molar-refractivity contribution < 1.29 is 9.90 Å². The van der Waals surface area contributed by atoms with Crippen molar-refractivity contribution >= 4 is 5.91 Å². The van der Waals surface area contributed by atoms with E-state index in [1.165, 1.54) is 6.42 Å². The van der Waals surface area contributed by atoms with Crippen molar-refractivity contribution in [2.45, 2.75) is 45.1 Å². The van der Waals surface area contributed by atoms with Gasteiger partial charge in [0.15, 0.2) is 0 Å². The van der Waals surface area contributed by atoms with E-state index in [0.717, 1.165) is 25.8 Å². The number of hydrogen-bond acceptors (Lipinski definition) is 2. The van der Waals surface area contributed by atoms with Gasteiger partial charge in [0.2, 0.25) is 5.91 Å². The van der Waals surface area contributed by atoms with Crippen LogP contribution in [-0.4, -0.2) is 35.1 Å². The molecule has 1 aliphatic carbocycles. The van der Waals surface area contributed by atoms with Gasteiger partial charge in [-0.1, -0.05) is 13.3 Å². The Hall–Kier alpha value is -0.570. The van der Waals surface area contributed by atoms with E-state index >= 15 is 0 Å². The van der Waals surface area contributed by atoms with Crippen LogP contribution in [0.4, 0.5) is 0 Å². The van der Waals surface area contributed by atoms with E-state index in [1.54, 1.807) is 0 Å². The molecule has 80 valence electrons. The fraction of sp³-hybridized carbons (Fsp3) is 0.909. The number of carbonyl (C=O) groups is 1. The minimum atomic E-state index is 0.0603. The molecule has 0 bridgehead atoms. The minimum absolute atomic E-state index is 0.0603. The number of carbonyl (C=O) groups excluding carboxylic acids is 1. The van der Waals surface area contributed by atoms with E-state index in [0.29, 0.717) is 12.5 Å². The molecule has 2 aliphatic rings. The maximum Gasteiger partial charge on any atom is 0.222 e. The van der Waals surface area contributed by atoms with Gasteiger partial charge in [-0.3, -0.25) is 4.79 Å². The molecule has 0 aromatic heterocycles. The molecule has 1 aliphatic heterocycles. The van der Waals surface area contributed by atoms with E-state index in [4.69, 9.17) is 0 Å². The van der Waals surface area contributed by atoms with Crippen LogP contribution in [0, 0.1) is 5.41 Å². The van der Waals surface area contributed by atoms with Gasteiger partial charge in [0, 0.05) is 24.4 Å². The van der Waals surface area contributed by atoms with Gasteiger partial charge in [0.25, 0.3) is 0 Å². The summed E-state index contributed by atoms with van der Waals surface area (Å²) in [6.07, 6.45) is 4.95. The second kappa shape index (κ2) is 3.54. The highest BCUT2D eigenvalue weighted by molar-refractivity contribution is 5.76. The first-order valence-corrected chi connectivity index (χ1v) is 5.64. The zero-order chi connectivity index (χ0) is 10.2. The zero-order valence-electron chi connectivity index (χ0n) is 8.83. The summed E-state index contributed by atoms with van der Waals surface area (Å²) in [5.41, 5.74) is 0.0603. The third-order valence-corrected chi connectivity index (χ3v) is 4.02. The van der Waals surface area contributed by atoms with Crippen LogP contribution in [0.5, 0.6) is 0 Å². The van der Waals surface area contributed by atoms with Gasteiger partial charge >= 0.3 is 0 Å². The molecule has 2 fully saturated rings. The SMILES string of the molecule is CCC(=O)N1CCC2(CO)CCCC12. The van der Waals surface area contributed by atoms with E-state index in [2.05, 4.69) is 0 Å². The standard InChI is InChI=1S/C11H19NO2/c1-2-10(14)12-7-6-11(8-13)5-3-4-9(11)12/h9,13H,2-8H2,1H3. The molecule has 1 saturated heterocycles. The number of hydrogen-bond donors (Lipinski definition) is 1. The summed E-state index contributed by atoms with van der Waals surface area (Å²) in [6.45, 7) is 3.03. The molecule has 2 atom stereocenters. The van der Waals surface area contributed by atoms with E-state index in [1.807, 2.05) is 11.8 Å². The van der Waals surface area contributed by atoms with Gasteiger partial charge in [0.1, 0.15) is 0 Å². The van der Waals surface area contributed by atoms with Crippen LogP contribution in [0.1, 0.15) is 39.0 Å². The van der Waals surface area contributed by atoms with Crippen LogP contribution in [-0.2, 0) is 4.79 Å². The summed E-state index contributed by atoms with van der Waals surface area (Å²) >= 11 is 0. The third-order valence-electron chi connectivity index (χ3n) is 4.02. The van der Waals surface area contributed by atoms with Crippen LogP contribution in [0.2, 0.25) is 0 Å². The Bertz CT molecular complexity index is 241. The van der Waals surface area contributed by atoms with Gasteiger partial charge in [-0.15, -0.1) is 0 Å². The van der Waals surface area contributed by atoms with Crippen molar-refractivity contribution in [3.8, 4) is 0 Å². The Morgan fingerprint density at radius 2 is 2.36 bits per heavy atom. The molecule has 1 saturated carbocycles. The topological polar surface area (TPSA) is 40.5 Å². The Balaban J connectivity index is 2.15. The summed E-state index contributed by atoms with van der Waals surface area (Å²) < 4.78 is 0. The molecular formula is C11H19NO2. The summed E-state index contributed by atoms with van der Waals surface area (Å²) in [5, 5.41) is 9.46. The molecule has 0 radical (unpaired) electrons. The molecule has 0 aromatic rings. The molecular weight excluding hydrogens is 178 g/mol. The average Bonchev–Trinajstić information content (AvgIpc) is 2.74. The van der Waals surface area contributed by atoms with Crippen molar-refractivity contribution in [3.05, 3.63) is 0 Å². The largest absolute Gasteiger partial charge is 0.396 e. The quantitative estimate of drug-likeness (QED) is 0.721. The lowest BCUT2D eigenvalue weighted by molar-refractivity contribution is -0.132. The molecule has 1 amide bonds. The number of nitrogens with zero attached hydrogens (tertiary/aromatic N) is 1. The third kappa shape index (κ3) is 1.26. The maximum atomic E-state index is 11.7. The molecule has 14 heavy (non-hydrogen) atoms. The van der Waals surface area contributed by atoms with Crippen LogP contribution in [0.15, 0.2) is 0 Å². The van der Waals surface area contributed by atoms with Crippen molar-refractivity contribution in [3.63, 3.8) is 0 Å². The van der Waals surface area contributed by atoms with Gasteiger partial charge < -0.3 is 10.0 Å². The maximum absolute atomic E-state index is 11.7. The normalized spacial score (nSPS) is 36.1. The number of amides is 1. The minimum Gasteiger partial charge on any atom is -0.396 e. The molecule has 2 rings (SSSR count). The van der Waals surface area contributed by atoms with Gasteiger partial charge in [-0.05, 0) is 19.3 Å². The van der Waals surface area contributed by atoms with Crippen LogP contribution >= 0.6 is 0 Å². The second-order valence-electron chi connectivity index (χ2n) is 4.62. The number of rotatable bonds is 2. The van der Waals surface area contributed by atoms with E-state index in [-0.39, 0.29) is 17.9 Å². The number of aliphatic hydroxyl groups excluding tert-OH is 1. The Labute approximate surface area is 85.1 Å². The first kappa shape index (κ1) is 9.97. The van der Waals surface area contributed by atoms with Gasteiger partial charge in [-0.2, -0.15) is 0 Å². The molecule has 1 N–H and O–H groups in total. The average molecular weight is 197 g/mol. The van der Waals surface area contributed by atoms with Crippen LogP contribution in [0.3, 0.4) is 0 Å². The lowest BCUT2D eigenvalue weighted by Crippen LogP contribution is -2.40. The van der Waals surface area contributed by atoms with Crippen LogP contribution < -0.4 is 0 Å². The van der Waals surface area contributed by atoms with Crippen molar-refractivity contribution in [1.82, 2.24) is 4.90 Å². The number of fused-ring (bicyclic) bond motifs is 1. The highest BCUT2D eigenvalue weighted by Gasteiger charge is 2.50. The second-order valence-corrected chi connectivity index (χ2v) is 4.62. The summed E-state index contributed by atoms with van der Waals surface area (Å²) in [4.78, 5) is 13.7. The molecule has 3 nitrogen and oxygen atoms in total. The zero-order valence-corrected chi connectivity index (χ0v) is 8.83. The Morgan fingerprint density at radius 1 is 1.57 bits per heavy atom. The lowest BCUT2D eigenvalue weighted by atomic mass is 9.83. The number of aliphatic hydroxyl groups is 1. The van der Waals surface area contributed by atoms with Crippen molar-refractivity contribution in [2.24, 2.45) is 5.41 Å². The summed E-state index contributed by atoms with van der Waals surface area (Å²) in [6, 6.07) is 0.333. The summed E-state index contributed by atoms with van der Waals surface area (Å²) in [5.74, 6) is 0.257. The highest BCUT2D eigenvalue weighted by atomic mass is 16.3. The molecule has 2 unspecified atom stereocenters. The van der Waals surface area contributed by atoms with E-state index < -0.39 is 0 Å². The van der Waals surface area contributed by atoms with E-state index in [9.17, 15) is 9.90 Å². The molecule has 0 aromatic carbocycles. The first-order valence-electron chi connectivity index (χ1n) is 5.64. The fourth-order valence-corrected chi connectivity index (χ4v) is 3.16. The lowest BCUT2D eigenvalue weighted by Gasteiger charge is -2.30. The highest BCUT2D eigenvalue weighted by Crippen LogP contribution is 2.48. The Morgan fingerprint density at radius 3 is 3.00 bits per heavy atom. The Kier molecular flexibility index (Phi) is 2.52. The fourth-order valence-electron chi connectivity index (χ4n) is 3.16. The van der Waals surface area contributed by atoms with Crippen molar-refractivity contribution in [1.29, 1.82) is 0 Å². The molecule has 1 heterocycles. The predicted octanol–water partition coefficient (Wildman–Crippen LogP) is 1.16. The summed E-state index contributed by atoms with van der Waals surface area (Å²) in [7, 11) is 0. The monoisotopic (exact) mass is 197 g/mol. The van der Waals surface area contributed by atoms with Crippen molar-refractivity contribution in [2.75, 3.05) is 13.2 Å². The molecule has 0 spiro atoms. The van der Waals surface area contributed by atoms with Gasteiger partial charge in [0.05, 0.1) is 6.61 Å². The van der Waals surface area contributed by atoms with Crippen LogP contribution in [0.25, 0.3) is 0 Å². The predicted molar refractivity (Wildman–Crippen MR) is 53.8 cm³/mol. The molecule has 3 heteroatoms. The number of likely N-dealkylation sites (tertiary alicyclic amines) is 1. The smallest absolute Gasteiger partial charge is 0.222 e. The van der Waals surface area contributed by atoms with Gasteiger partial charge in [-0.25, -0.2) is 0 Å².